The molecule has 2 aliphatic heterocycles. The second-order valence-electron chi connectivity index (χ2n) is 15.2. The summed E-state index contributed by atoms with van der Waals surface area (Å²) >= 11 is 0. The van der Waals surface area contributed by atoms with Gasteiger partial charge < -0.3 is 19.4 Å². The highest BCUT2D eigenvalue weighted by Crippen LogP contribution is 2.53. The summed E-state index contributed by atoms with van der Waals surface area (Å²) in [5.41, 5.74) is 4.00. The molecule has 0 aromatic carbocycles. The zero-order valence-electron chi connectivity index (χ0n) is 26.5. The number of fused-ring (bicyclic) bond motifs is 2. The van der Waals surface area contributed by atoms with Gasteiger partial charge in [-0.2, -0.15) is 5.26 Å². The number of aromatic nitrogens is 3. The Labute approximate surface area is 251 Å². The zero-order chi connectivity index (χ0) is 30.3. The fourth-order valence-electron chi connectivity index (χ4n) is 6.64. The summed E-state index contributed by atoms with van der Waals surface area (Å²) in [5.74, 6) is 0.0999. The predicted octanol–water partition coefficient (Wildman–Crippen LogP) is 7.51. The number of amides is 1. The summed E-state index contributed by atoms with van der Waals surface area (Å²) in [6, 6.07) is 7.15. The molecule has 2 atom stereocenters. The van der Waals surface area contributed by atoms with E-state index in [2.05, 4.69) is 75.8 Å². The van der Waals surface area contributed by atoms with E-state index >= 15 is 0 Å². The van der Waals surface area contributed by atoms with Crippen LogP contribution in [-0.2, 0) is 16.2 Å². The number of imidazole rings is 1. The third-order valence-electron chi connectivity index (χ3n) is 9.21. The number of nitrogens with zero attached hydrogens (tertiary/aromatic N) is 4. The quantitative estimate of drug-likeness (QED) is 0.240. The van der Waals surface area contributed by atoms with Crippen LogP contribution in [0.15, 0.2) is 24.4 Å². The number of allylic oxidation sites excluding steroid dienone is 2. The number of hydrogen-bond acceptors (Lipinski definition) is 6. The second-order valence-corrected chi connectivity index (χ2v) is 20.8. The van der Waals surface area contributed by atoms with Crippen molar-refractivity contribution in [1.29, 1.82) is 5.26 Å². The monoisotopic (exact) mass is 589 g/mol. The van der Waals surface area contributed by atoms with Crippen LogP contribution in [0.2, 0.25) is 25.7 Å². The Kier molecular flexibility index (Phi) is 8.29. The molecule has 42 heavy (non-hydrogen) atoms. The number of carbonyl (C=O) groups excluding carboxylic acids is 1. The Bertz CT molecular complexity index is 1400. The lowest BCUT2D eigenvalue weighted by molar-refractivity contribution is -0.127. The normalized spacial score (nSPS) is 26.9. The maximum absolute atomic E-state index is 13.6. The molecule has 2 bridgehead atoms. The molecule has 4 heterocycles. The number of carbonyl (C=O) groups is 1. The van der Waals surface area contributed by atoms with E-state index in [1.807, 2.05) is 6.07 Å². The second kappa shape index (κ2) is 11.4. The van der Waals surface area contributed by atoms with Crippen LogP contribution >= 0.6 is 0 Å². The van der Waals surface area contributed by atoms with Crippen molar-refractivity contribution in [1.82, 2.24) is 14.5 Å². The van der Waals surface area contributed by atoms with Crippen LogP contribution in [0.3, 0.4) is 0 Å². The molecule has 0 radical (unpaired) electrons. The van der Waals surface area contributed by atoms with Crippen LogP contribution in [0.25, 0.3) is 5.57 Å². The Hall–Kier alpha value is -2.80. The number of pyridine rings is 1. The lowest BCUT2D eigenvalue weighted by Crippen LogP contribution is -2.40. The van der Waals surface area contributed by atoms with Gasteiger partial charge in [-0.1, -0.05) is 39.6 Å². The molecular formula is C33H47N5O3Si. The van der Waals surface area contributed by atoms with Crippen molar-refractivity contribution in [3.63, 3.8) is 0 Å². The van der Waals surface area contributed by atoms with Gasteiger partial charge in [0.2, 0.25) is 5.82 Å². The van der Waals surface area contributed by atoms with Crippen molar-refractivity contribution in [2.24, 2.45) is 5.41 Å². The molecule has 2 fully saturated rings. The summed E-state index contributed by atoms with van der Waals surface area (Å²) in [6.07, 6.45) is 10.9. The van der Waals surface area contributed by atoms with Gasteiger partial charge in [0.1, 0.15) is 12.8 Å². The average Bonchev–Trinajstić information content (AvgIpc) is 3.42. The maximum atomic E-state index is 13.6. The molecule has 1 amide bonds. The number of hydrogen-bond donors (Lipinski definition) is 1. The van der Waals surface area contributed by atoms with Crippen LogP contribution in [-0.4, -0.2) is 46.3 Å². The van der Waals surface area contributed by atoms with Gasteiger partial charge in [-0.15, -0.1) is 0 Å². The number of nitriles is 1. The van der Waals surface area contributed by atoms with Crippen LogP contribution in [0.4, 0.5) is 5.69 Å². The zero-order valence-corrected chi connectivity index (χ0v) is 27.5. The van der Waals surface area contributed by atoms with Crippen LogP contribution < -0.4 is 5.32 Å². The summed E-state index contributed by atoms with van der Waals surface area (Å²) in [5, 5.41) is 12.6. The molecule has 0 spiro atoms. The minimum Gasteiger partial charge on any atom is -0.369 e. The van der Waals surface area contributed by atoms with Gasteiger partial charge in [0.15, 0.2) is 5.69 Å². The minimum absolute atomic E-state index is 0.104. The predicted molar refractivity (Wildman–Crippen MR) is 168 cm³/mol. The van der Waals surface area contributed by atoms with E-state index in [9.17, 15) is 10.1 Å². The van der Waals surface area contributed by atoms with E-state index in [4.69, 9.17) is 14.5 Å². The first-order chi connectivity index (χ1) is 19.7. The van der Waals surface area contributed by atoms with Crippen molar-refractivity contribution < 1.29 is 14.3 Å². The van der Waals surface area contributed by atoms with Gasteiger partial charge in [0.25, 0.3) is 5.91 Å². The van der Waals surface area contributed by atoms with E-state index in [0.717, 1.165) is 62.4 Å². The standard InChI is InChI=1S/C33H47N5O3Si/c1-31(2)12-10-23(11-13-31)28-27(9-8-26(36-28)24-18-32(3)14-15-33(4,19-24)41-32)37-30(39)29-35-25(20-34)21-38(29)22-40-16-17-42(5,6)7/h8-10,21,24H,11-19,22H2,1-7H3,(H,37,39). The fraction of sp³-hybridized carbons (Fsp3) is 0.636. The van der Waals surface area contributed by atoms with E-state index < -0.39 is 8.07 Å². The van der Waals surface area contributed by atoms with Gasteiger partial charge in [0.05, 0.1) is 22.6 Å². The smallest absolute Gasteiger partial charge is 0.291 e. The van der Waals surface area contributed by atoms with E-state index in [1.54, 1.807) is 10.8 Å². The molecule has 1 aliphatic carbocycles. The van der Waals surface area contributed by atoms with Crippen molar-refractivity contribution >= 4 is 25.2 Å². The molecule has 8 nitrogen and oxygen atoms in total. The van der Waals surface area contributed by atoms with Crippen molar-refractivity contribution in [3.05, 3.63) is 47.3 Å². The SMILES string of the molecule is CC1(C)CC=C(c2nc(C3CC4(C)CCC(C)(C3)O4)ccc2NC(=O)c2nc(C#N)cn2COCC[Si](C)(C)C)CC1. The number of anilines is 1. The Balaban J connectivity index is 1.42. The fourth-order valence-corrected chi connectivity index (χ4v) is 7.40. The summed E-state index contributed by atoms with van der Waals surface area (Å²) in [6.45, 7) is 16.7. The highest BCUT2D eigenvalue weighted by Gasteiger charge is 2.50. The largest absolute Gasteiger partial charge is 0.369 e. The Morgan fingerprint density at radius 1 is 1.14 bits per heavy atom. The lowest BCUT2D eigenvalue weighted by atomic mass is 9.77. The topological polar surface area (TPSA) is 102 Å². The molecule has 2 aromatic rings. The first kappa shape index (κ1) is 30.6. The highest BCUT2D eigenvalue weighted by atomic mass is 28.3. The summed E-state index contributed by atoms with van der Waals surface area (Å²) < 4.78 is 14.0. The first-order valence-corrected chi connectivity index (χ1v) is 19.1. The van der Waals surface area contributed by atoms with Crippen LogP contribution in [0.1, 0.15) is 106 Å². The maximum Gasteiger partial charge on any atom is 0.291 e. The lowest BCUT2D eigenvalue weighted by Gasteiger charge is -2.40. The van der Waals surface area contributed by atoms with Crippen LogP contribution in [0.5, 0.6) is 0 Å². The van der Waals surface area contributed by atoms with E-state index in [-0.39, 0.29) is 40.8 Å². The van der Waals surface area contributed by atoms with Gasteiger partial charge in [-0.3, -0.25) is 9.78 Å². The highest BCUT2D eigenvalue weighted by molar-refractivity contribution is 6.76. The van der Waals surface area contributed by atoms with Gasteiger partial charge >= 0.3 is 0 Å². The van der Waals surface area contributed by atoms with Crippen molar-refractivity contribution in [3.8, 4) is 6.07 Å². The molecule has 1 N–H and O–H groups in total. The number of rotatable bonds is 9. The minimum atomic E-state index is -1.25. The molecule has 2 unspecified atom stereocenters. The van der Waals surface area contributed by atoms with Crippen LogP contribution in [0, 0.1) is 16.7 Å². The first-order valence-electron chi connectivity index (χ1n) is 15.4. The third kappa shape index (κ3) is 7.04. The molecule has 3 aliphatic rings. The van der Waals surface area contributed by atoms with E-state index in [0.29, 0.717) is 18.2 Å². The summed E-state index contributed by atoms with van der Waals surface area (Å²) in [4.78, 5) is 23.2. The Morgan fingerprint density at radius 2 is 1.86 bits per heavy atom. The third-order valence-corrected chi connectivity index (χ3v) is 10.9. The molecule has 2 saturated heterocycles. The Morgan fingerprint density at radius 3 is 2.48 bits per heavy atom. The summed E-state index contributed by atoms with van der Waals surface area (Å²) in [7, 11) is -1.25. The van der Waals surface area contributed by atoms with E-state index in [1.165, 1.54) is 5.57 Å². The number of nitrogens with one attached hydrogen (secondary N) is 1. The molecule has 0 saturated carbocycles. The number of ether oxygens (including phenoxy) is 2. The van der Waals surface area contributed by atoms with Gasteiger partial charge in [-0.25, -0.2) is 4.98 Å². The molecule has 5 rings (SSSR count). The molecule has 226 valence electrons. The molecule has 2 aromatic heterocycles. The van der Waals surface area contributed by atoms with Crippen molar-refractivity contribution in [2.45, 2.75) is 122 Å². The average molecular weight is 590 g/mol. The van der Waals surface area contributed by atoms with Gasteiger partial charge in [-0.05, 0) is 88.0 Å². The molecule has 9 heteroatoms. The van der Waals surface area contributed by atoms with Crippen molar-refractivity contribution in [2.75, 3.05) is 11.9 Å². The molecular weight excluding hydrogens is 542 g/mol. The van der Waals surface area contributed by atoms with Gasteiger partial charge in [0, 0.05) is 32.5 Å².